The highest BCUT2D eigenvalue weighted by Crippen LogP contribution is 2.25. The van der Waals surface area contributed by atoms with Gasteiger partial charge in [-0.1, -0.05) is 18.2 Å². The van der Waals surface area contributed by atoms with Gasteiger partial charge in [0.05, 0.1) is 12.3 Å². The van der Waals surface area contributed by atoms with E-state index in [2.05, 4.69) is 23.5 Å². The van der Waals surface area contributed by atoms with Gasteiger partial charge in [-0.3, -0.25) is 4.79 Å². The third-order valence-electron chi connectivity index (χ3n) is 4.29. The van der Waals surface area contributed by atoms with Crippen LogP contribution in [0.3, 0.4) is 0 Å². The molecule has 0 unspecified atom stereocenters. The van der Waals surface area contributed by atoms with E-state index in [1.807, 2.05) is 13.8 Å². The molecule has 1 atom stereocenters. The van der Waals surface area contributed by atoms with Crippen molar-refractivity contribution in [1.29, 1.82) is 0 Å². The van der Waals surface area contributed by atoms with Gasteiger partial charge in [-0.15, -0.1) is 0 Å². The highest BCUT2D eigenvalue weighted by atomic mass is 16.3. The Hall–Kier alpha value is -2.03. The smallest absolute Gasteiger partial charge is 0.287 e. The van der Waals surface area contributed by atoms with E-state index in [9.17, 15) is 4.79 Å². The van der Waals surface area contributed by atoms with Gasteiger partial charge in [-0.25, -0.2) is 0 Å². The summed E-state index contributed by atoms with van der Waals surface area (Å²) in [5.74, 6) is 0.252. The van der Waals surface area contributed by atoms with Crippen LogP contribution < -0.4 is 5.32 Å². The molecule has 1 aromatic carbocycles. The van der Waals surface area contributed by atoms with E-state index < -0.39 is 0 Å². The molecular formula is C18H21NO2. The summed E-state index contributed by atoms with van der Waals surface area (Å²) < 4.78 is 5.24. The van der Waals surface area contributed by atoms with Crippen molar-refractivity contribution in [2.75, 3.05) is 0 Å². The van der Waals surface area contributed by atoms with Gasteiger partial charge in [-0.2, -0.15) is 0 Å². The summed E-state index contributed by atoms with van der Waals surface area (Å²) in [4.78, 5) is 12.2. The topological polar surface area (TPSA) is 42.2 Å². The van der Waals surface area contributed by atoms with E-state index >= 15 is 0 Å². The zero-order valence-corrected chi connectivity index (χ0v) is 12.6. The lowest BCUT2D eigenvalue weighted by molar-refractivity contribution is 0.0911. The van der Waals surface area contributed by atoms with Crippen LogP contribution in [-0.2, 0) is 12.8 Å². The Morgan fingerprint density at radius 1 is 1.19 bits per heavy atom. The summed E-state index contributed by atoms with van der Waals surface area (Å²) in [6.45, 7) is 3.89. The summed E-state index contributed by atoms with van der Waals surface area (Å²) in [5.41, 5.74) is 4.93. The molecule has 1 aliphatic rings. The Kier molecular flexibility index (Phi) is 3.82. The molecular weight excluding hydrogens is 262 g/mol. The first kappa shape index (κ1) is 13.9. The highest BCUT2D eigenvalue weighted by Gasteiger charge is 2.17. The third kappa shape index (κ3) is 2.87. The number of aryl methyl sites for hydroxylation is 3. The second-order valence-electron chi connectivity index (χ2n) is 5.86. The normalized spacial score (nSPS) is 15.3. The van der Waals surface area contributed by atoms with E-state index in [0.717, 1.165) is 17.5 Å². The largest absolute Gasteiger partial charge is 0.459 e. The number of benzene rings is 1. The van der Waals surface area contributed by atoms with Crippen LogP contribution in [0, 0.1) is 6.92 Å². The molecule has 0 bridgehead atoms. The van der Waals surface area contributed by atoms with Crippen molar-refractivity contribution < 1.29 is 9.21 Å². The number of furan rings is 1. The molecule has 0 fully saturated rings. The molecule has 21 heavy (non-hydrogen) atoms. The van der Waals surface area contributed by atoms with Gasteiger partial charge >= 0.3 is 0 Å². The van der Waals surface area contributed by atoms with Crippen molar-refractivity contribution in [2.45, 2.75) is 45.6 Å². The molecule has 1 heterocycles. The molecule has 3 heteroatoms. The summed E-state index contributed by atoms with van der Waals surface area (Å²) in [6.07, 6.45) is 6.44. The molecule has 1 amide bonds. The lowest BCUT2D eigenvalue weighted by Crippen LogP contribution is -2.27. The second kappa shape index (κ2) is 5.76. The van der Waals surface area contributed by atoms with E-state index in [1.54, 1.807) is 12.3 Å². The van der Waals surface area contributed by atoms with Crippen molar-refractivity contribution >= 4 is 5.91 Å². The lowest BCUT2D eigenvalue weighted by atomic mass is 9.89. The Labute approximate surface area is 125 Å². The lowest BCUT2D eigenvalue weighted by Gasteiger charge is -2.19. The minimum absolute atomic E-state index is 0.0192. The standard InChI is InChI=1S/C18H21NO2/c1-12-9-10-21-17(12)18(20)19-13(2)15-8-7-14-5-3-4-6-16(14)11-15/h7-11,13H,3-6H2,1-2H3,(H,19,20)/t13-/m0/s1. The third-order valence-corrected chi connectivity index (χ3v) is 4.29. The second-order valence-corrected chi connectivity index (χ2v) is 5.86. The zero-order chi connectivity index (χ0) is 14.8. The van der Waals surface area contributed by atoms with E-state index in [-0.39, 0.29) is 11.9 Å². The Morgan fingerprint density at radius 2 is 1.95 bits per heavy atom. The average Bonchev–Trinajstić information content (AvgIpc) is 2.93. The molecule has 0 saturated heterocycles. The van der Waals surface area contributed by atoms with Crippen LogP contribution >= 0.6 is 0 Å². The number of hydrogen-bond acceptors (Lipinski definition) is 2. The molecule has 0 radical (unpaired) electrons. The highest BCUT2D eigenvalue weighted by molar-refractivity contribution is 5.93. The van der Waals surface area contributed by atoms with Crippen molar-refractivity contribution in [1.82, 2.24) is 5.32 Å². The predicted molar refractivity (Wildman–Crippen MR) is 82.4 cm³/mol. The van der Waals surface area contributed by atoms with E-state index in [1.165, 1.54) is 30.4 Å². The molecule has 110 valence electrons. The maximum atomic E-state index is 12.2. The van der Waals surface area contributed by atoms with Gasteiger partial charge in [0.1, 0.15) is 0 Å². The molecule has 3 rings (SSSR count). The van der Waals surface area contributed by atoms with Crippen LogP contribution in [0.2, 0.25) is 0 Å². The number of amides is 1. The number of fused-ring (bicyclic) bond motifs is 1. The van der Waals surface area contributed by atoms with Gasteiger partial charge in [0.15, 0.2) is 5.76 Å². The maximum Gasteiger partial charge on any atom is 0.287 e. The van der Waals surface area contributed by atoms with Gasteiger partial charge in [-0.05, 0) is 62.3 Å². The molecule has 2 aromatic rings. The Bertz CT molecular complexity index is 657. The maximum absolute atomic E-state index is 12.2. The molecule has 1 aromatic heterocycles. The number of carbonyl (C=O) groups is 1. The summed E-state index contributed by atoms with van der Waals surface area (Å²) >= 11 is 0. The minimum atomic E-state index is -0.150. The van der Waals surface area contributed by atoms with Crippen molar-refractivity contribution in [3.63, 3.8) is 0 Å². The van der Waals surface area contributed by atoms with E-state index in [4.69, 9.17) is 4.42 Å². The van der Waals surface area contributed by atoms with Gasteiger partial charge in [0.2, 0.25) is 0 Å². The van der Waals surface area contributed by atoms with Crippen LogP contribution in [0.15, 0.2) is 34.9 Å². The molecule has 1 N–H and O–H groups in total. The van der Waals surface area contributed by atoms with Gasteiger partial charge in [0, 0.05) is 5.56 Å². The zero-order valence-electron chi connectivity index (χ0n) is 12.6. The van der Waals surface area contributed by atoms with Crippen molar-refractivity contribution in [3.05, 3.63) is 58.5 Å². The van der Waals surface area contributed by atoms with Crippen LogP contribution in [0.5, 0.6) is 0 Å². The molecule has 3 nitrogen and oxygen atoms in total. The number of hydrogen-bond donors (Lipinski definition) is 1. The SMILES string of the molecule is Cc1ccoc1C(=O)N[C@@H](C)c1ccc2c(c1)CCCC2. The summed E-state index contributed by atoms with van der Waals surface area (Å²) in [5, 5.41) is 3.01. The summed E-state index contributed by atoms with van der Waals surface area (Å²) in [6, 6.07) is 8.37. The Balaban J connectivity index is 1.75. The van der Waals surface area contributed by atoms with Crippen LogP contribution in [0.4, 0.5) is 0 Å². The quantitative estimate of drug-likeness (QED) is 0.926. The fourth-order valence-corrected chi connectivity index (χ4v) is 2.97. The van der Waals surface area contributed by atoms with E-state index in [0.29, 0.717) is 5.76 Å². The first-order chi connectivity index (χ1) is 10.1. The average molecular weight is 283 g/mol. The van der Waals surface area contributed by atoms with Gasteiger partial charge < -0.3 is 9.73 Å². The van der Waals surface area contributed by atoms with Gasteiger partial charge in [0.25, 0.3) is 5.91 Å². The number of rotatable bonds is 3. The first-order valence-electron chi connectivity index (χ1n) is 7.62. The minimum Gasteiger partial charge on any atom is -0.459 e. The molecule has 1 aliphatic carbocycles. The predicted octanol–water partition coefficient (Wildman–Crippen LogP) is 3.96. The molecule has 0 spiro atoms. The van der Waals surface area contributed by atoms with Crippen LogP contribution in [-0.4, -0.2) is 5.91 Å². The first-order valence-corrected chi connectivity index (χ1v) is 7.62. The fourth-order valence-electron chi connectivity index (χ4n) is 2.97. The number of carbonyl (C=O) groups excluding carboxylic acids is 1. The Morgan fingerprint density at radius 3 is 2.67 bits per heavy atom. The van der Waals surface area contributed by atoms with Crippen molar-refractivity contribution in [3.8, 4) is 0 Å². The summed E-state index contributed by atoms with van der Waals surface area (Å²) in [7, 11) is 0. The fraction of sp³-hybridized carbons (Fsp3) is 0.389. The molecule has 0 saturated carbocycles. The van der Waals surface area contributed by atoms with Crippen LogP contribution in [0.25, 0.3) is 0 Å². The van der Waals surface area contributed by atoms with Crippen LogP contribution in [0.1, 0.15) is 58.6 Å². The number of nitrogens with one attached hydrogen (secondary N) is 1. The van der Waals surface area contributed by atoms with Crippen molar-refractivity contribution in [2.24, 2.45) is 0 Å². The molecule has 0 aliphatic heterocycles. The monoisotopic (exact) mass is 283 g/mol.